The van der Waals surface area contributed by atoms with Gasteiger partial charge in [0.25, 0.3) is 0 Å². The van der Waals surface area contributed by atoms with Gasteiger partial charge in [0, 0.05) is 38.8 Å². The molecule has 174 valence electrons. The summed E-state index contributed by atoms with van der Waals surface area (Å²) >= 11 is 0. The van der Waals surface area contributed by atoms with E-state index in [4.69, 9.17) is 10.2 Å². The molecule has 0 aromatic rings. The van der Waals surface area contributed by atoms with E-state index in [-0.39, 0.29) is 24.7 Å². The van der Waals surface area contributed by atoms with Crippen LogP contribution >= 0.6 is 0 Å². The summed E-state index contributed by atoms with van der Waals surface area (Å²) in [6, 6.07) is 0. The van der Waals surface area contributed by atoms with E-state index in [2.05, 4.69) is 10.6 Å². The molecule has 30 heavy (non-hydrogen) atoms. The molecule has 8 nitrogen and oxygen atoms in total. The Morgan fingerprint density at radius 1 is 0.433 bits per heavy atom. The van der Waals surface area contributed by atoms with Crippen molar-refractivity contribution in [3.05, 3.63) is 0 Å². The number of nitrogens with one attached hydrogen (secondary N) is 2. The highest BCUT2D eigenvalue weighted by Gasteiger charge is 2.03. The number of carboxylic acid groups (broad SMARTS) is 2. The molecule has 0 atom stereocenters. The normalized spacial score (nSPS) is 10.5. The number of carbonyl (C=O) groups excluding carboxylic acids is 2. The second-order valence-corrected chi connectivity index (χ2v) is 7.73. The average molecular weight is 429 g/mol. The predicted octanol–water partition coefficient (Wildman–Crippen LogP) is 3.63. The summed E-state index contributed by atoms with van der Waals surface area (Å²) in [7, 11) is 0. The van der Waals surface area contributed by atoms with Crippen LogP contribution in [0.15, 0.2) is 0 Å². The monoisotopic (exact) mass is 428 g/mol. The summed E-state index contributed by atoms with van der Waals surface area (Å²) in [6.07, 6.45) is 12.2. The molecule has 0 bridgehead atoms. The molecule has 0 aromatic heterocycles. The maximum absolute atomic E-state index is 11.6. The molecule has 0 radical (unpaired) electrons. The minimum atomic E-state index is -0.816. The summed E-state index contributed by atoms with van der Waals surface area (Å²) < 4.78 is 0. The number of aliphatic carboxylic acids is 2. The first-order chi connectivity index (χ1) is 14.4. The Kier molecular flexibility index (Phi) is 18.7. The van der Waals surface area contributed by atoms with Crippen molar-refractivity contribution >= 4 is 23.8 Å². The largest absolute Gasteiger partial charge is 0.481 e. The van der Waals surface area contributed by atoms with Crippen molar-refractivity contribution in [2.45, 2.75) is 103 Å². The Bertz CT molecular complexity index is 452. The third-order valence-corrected chi connectivity index (χ3v) is 4.84. The van der Waals surface area contributed by atoms with Gasteiger partial charge in [-0.25, -0.2) is 0 Å². The van der Waals surface area contributed by atoms with E-state index >= 15 is 0 Å². The molecule has 4 N–H and O–H groups in total. The van der Waals surface area contributed by atoms with Gasteiger partial charge in [-0.1, -0.05) is 38.5 Å². The highest BCUT2D eigenvalue weighted by molar-refractivity contribution is 5.76. The minimum Gasteiger partial charge on any atom is -0.481 e. The lowest BCUT2D eigenvalue weighted by Gasteiger charge is -2.06. The topological polar surface area (TPSA) is 133 Å². The lowest BCUT2D eigenvalue weighted by molar-refractivity contribution is -0.138. The first-order valence-corrected chi connectivity index (χ1v) is 11.4. The third kappa shape index (κ3) is 22.2. The van der Waals surface area contributed by atoms with Crippen molar-refractivity contribution in [3.8, 4) is 0 Å². The SMILES string of the molecule is O=C(O)CCCCC(=O)NCCCCCCCCCCNC(=O)CCCCC(=O)O. The maximum Gasteiger partial charge on any atom is 0.303 e. The third-order valence-electron chi connectivity index (χ3n) is 4.84. The van der Waals surface area contributed by atoms with E-state index in [9.17, 15) is 19.2 Å². The first-order valence-electron chi connectivity index (χ1n) is 11.4. The van der Waals surface area contributed by atoms with Gasteiger partial charge in [-0.2, -0.15) is 0 Å². The second-order valence-electron chi connectivity index (χ2n) is 7.73. The van der Waals surface area contributed by atoms with Crippen LogP contribution in [-0.4, -0.2) is 47.1 Å². The second kappa shape index (κ2) is 20.2. The molecule has 0 aromatic carbocycles. The van der Waals surface area contributed by atoms with Crippen molar-refractivity contribution in [2.75, 3.05) is 13.1 Å². The lowest BCUT2D eigenvalue weighted by atomic mass is 10.1. The summed E-state index contributed by atoms with van der Waals surface area (Å²) in [5, 5.41) is 22.8. The van der Waals surface area contributed by atoms with Crippen LogP contribution in [0.25, 0.3) is 0 Å². The van der Waals surface area contributed by atoms with Gasteiger partial charge in [-0.3, -0.25) is 19.2 Å². The number of carboxylic acids is 2. The van der Waals surface area contributed by atoms with Crippen LogP contribution in [0.4, 0.5) is 0 Å². The first kappa shape index (κ1) is 27.9. The van der Waals surface area contributed by atoms with Crippen LogP contribution in [0, 0.1) is 0 Å². The van der Waals surface area contributed by atoms with Gasteiger partial charge in [-0.15, -0.1) is 0 Å². The summed E-state index contributed by atoms with van der Waals surface area (Å²) in [4.78, 5) is 43.9. The van der Waals surface area contributed by atoms with Gasteiger partial charge in [0.05, 0.1) is 0 Å². The fraction of sp³-hybridized carbons (Fsp3) is 0.818. The van der Waals surface area contributed by atoms with Crippen LogP contribution < -0.4 is 10.6 Å². The van der Waals surface area contributed by atoms with Gasteiger partial charge in [0.1, 0.15) is 0 Å². The smallest absolute Gasteiger partial charge is 0.303 e. The summed E-state index contributed by atoms with van der Waals surface area (Å²) in [6.45, 7) is 1.38. The molecule has 2 amide bonds. The van der Waals surface area contributed by atoms with E-state index in [1.807, 2.05) is 0 Å². The number of rotatable bonds is 21. The molecule has 0 fully saturated rings. The molecule has 0 aliphatic heterocycles. The Morgan fingerprint density at radius 3 is 1.07 bits per heavy atom. The minimum absolute atomic E-state index is 0.00717. The van der Waals surface area contributed by atoms with Gasteiger partial charge in [-0.05, 0) is 38.5 Å². The van der Waals surface area contributed by atoms with Crippen LogP contribution in [0.3, 0.4) is 0 Å². The van der Waals surface area contributed by atoms with E-state index in [1.165, 1.54) is 12.8 Å². The highest BCUT2D eigenvalue weighted by atomic mass is 16.4. The fourth-order valence-corrected chi connectivity index (χ4v) is 3.07. The predicted molar refractivity (Wildman–Crippen MR) is 115 cm³/mol. The quantitative estimate of drug-likeness (QED) is 0.206. The van der Waals surface area contributed by atoms with Crippen molar-refractivity contribution in [3.63, 3.8) is 0 Å². The average Bonchev–Trinajstić information content (AvgIpc) is 2.69. The molecule has 0 spiro atoms. The number of amides is 2. The van der Waals surface area contributed by atoms with Gasteiger partial charge in [0.2, 0.25) is 11.8 Å². The standard InChI is InChI=1S/C22H40N2O6/c25-19(13-7-9-15-21(27)28)23-17-11-5-3-1-2-4-6-12-18-24-20(26)14-8-10-16-22(29)30/h1-18H2,(H,23,25)(H,24,26)(H,27,28)(H,29,30). The molecule has 0 aliphatic carbocycles. The van der Waals surface area contributed by atoms with Gasteiger partial charge >= 0.3 is 11.9 Å². The zero-order valence-electron chi connectivity index (χ0n) is 18.3. The summed E-state index contributed by atoms with van der Waals surface area (Å²) in [5.41, 5.74) is 0. The highest BCUT2D eigenvalue weighted by Crippen LogP contribution is 2.08. The Hall–Kier alpha value is -2.12. The molecule has 0 heterocycles. The molecule has 8 heteroatoms. The molecular weight excluding hydrogens is 388 g/mol. The van der Waals surface area contributed by atoms with Gasteiger partial charge in [0.15, 0.2) is 0 Å². The van der Waals surface area contributed by atoms with Crippen molar-refractivity contribution in [1.82, 2.24) is 10.6 Å². The number of hydrogen-bond donors (Lipinski definition) is 4. The van der Waals surface area contributed by atoms with Crippen LogP contribution in [0.1, 0.15) is 103 Å². The van der Waals surface area contributed by atoms with Crippen molar-refractivity contribution < 1.29 is 29.4 Å². The maximum atomic E-state index is 11.6. The van der Waals surface area contributed by atoms with E-state index in [1.54, 1.807) is 0 Å². The zero-order valence-corrected chi connectivity index (χ0v) is 18.3. The van der Waals surface area contributed by atoms with Crippen LogP contribution in [0.5, 0.6) is 0 Å². The van der Waals surface area contributed by atoms with Gasteiger partial charge < -0.3 is 20.8 Å². The van der Waals surface area contributed by atoms with E-state index in [0.29, 0.717) is 51.6 Å². The van der Waals surface area contributed by atoms with Crippen molar-refractivity contribution in [2.24, 2.45) is 0 Å². The number of carbonyl (C=O) groups is 4. The molecular formula is C22H40N2O6. The van der Waals surface area contributed by atoms with E-state index < -0.39 is 11.9 Å². The Labute approximate surface area is 180 Å². The Morgan fingerprint density at radius 2 is 0.733 bits per heavy atom. The molecule has 0 saturated carbocycles. The fourth-order valence-electron chi connectivity index (χ4n) is 3.07. The summed E-state index contributed by atoms with van der Waals surface area (Å²) in [5.74, 6) is -1.62. The van der Waals surface area contributed by atoms with Crippen molar-refractivity contribution in [1.29, 1.82) is 0 Å². The van der Waals surface area contributed by atoms with Crippen LogP contribution in [-0.2, 0) is 19.2 Å². The van der Waals surface area contributed by atoms with E-state index in [0.717, 1.165) is 38.5 Å². The van der Waals surface area contributed by atoms with Crippen LogP contribution in [0.2, 0.25) is 0 Å². The molecule has 0 saturated heterocycles. The zero-order chi connectivity index (χ0) is 22.5. The number of hydrogen-bond acceptors (Lipinski definition) is 4. The molecule has 0 rings (SSSR count). The molecule has 0 aliphatic rings. The lowest BCUT2D eigenvalue weighted by Crippen LogP contribution is -2.24. The Balaban J connectivity index is 3.25. The molecule has 0 unspecified atom stereocenters. The number of unbranched alkanes of at least 4 members (excludes halogenated alkanes) is 9.